The fourth-order valence-corrected chi connectivity index (χ4v) is 1.98. The van der Waals surface area contributed by atoms with Crippen LogP contribution in [0.15, 0.2) is 16.7 Å². The highest BCUT2D eigenvalue weighted by atomic mass is 19.4. The monoisotopic (exact) mass is 331 g/mol. The van der Waals surface area contributed by atoms with E-state index in [1.165, 1.54) is 0 Å². The normalized spacial score (nSPS) is 12.5. The average molecular weight is 331 g/mol. The Bertz CT molecular complexity index is 711. The fraction of sp³-hybridized carbons (Fsp3) is 0.500. The van der Waals surface area contributed by atoms with Gasteiger partial charge in [0, 0.05) is 11.8 Å². The third kappa shape index (κ3) is 3.91. The summed E-state index contributed by atoms with van der Waals surface area (Å²) in [5, 5.41) is 7.03. The highest BCUT2D eigenvalue weighted by molar-refractivity contribution is 5.87. The quantitative estimate of drug-likeness (QED) is 0.807. The van der Waals surface area contributed by atoms with E-state index in [0.717, 1.165) is 5.69 Å². The second-order valence-electron chi connectivity index (χ2n) is 6.01. The standard InChI is InChI=1S/C14H16F3N3O3/c1-8-5-10(18-20(8)13(2,3)4)12(21)22-7-9-6-11(19-23-9)14(15,16)17/h5-6H,7H2,1-4H3. The van der Waals surface area contributed by atoms with Crippen LogP contribution in [-0.4, -0.2) is 20.9 Å². The molecule has 0 bridgehead atoms. The van der Waals surface area contributed by atoms with Crippen LogP contribution < -0.4 is 0 Å². The summed E-state index contributed by atoms with van der Waals surface area (Å²) in [5.41, 5.74) is -0.636. The van der Waals surface area contributed by atoms with Gasteiger partial charge in [-0.05, 0) is 33.8 Å². The van der Waals surface area contributed by atoms with Gasteiger partial charge in [-0.2, -0.15) is 18.3 Å². The number of ether oxygens (including phenoxy) is 1. The molecule has 23 heavy (non-hydrogen) atoms. The van der Waals surface area contributed by atoms with E-state index in [1.807, 2.05) is 20.8 Å². The molecule has 0 atom stereocenters. The van der Waals surface area contributed by atoms with E-state index >= 15 is 0 Å². The molecular weight excluding hydrogens is 315 g/mol. The number of hydrogen-bond donors (Lipinski definition) is 0. The Morgan fingerprint density at radius 1 is 1.30 bits per heavy atom. The molecule has 0 spiro atoms. The van der Waals surface area contributed by atoms with Crippen LogP contribution >= 0.6 is 0 Å². The van der Waals surface area contributed by atoms with Crippen molar-refractivity contribution in [2.24, 2.45) is 0 Å². The maximum Gasteiger partial charge on any atom is 0.436 e. The maximum absolute atomic E-state index is 12.4. The van der Waals surface area contributed by atoms with E-state index < -0.39 is 24.4 Å². The molecular formula is C14H16F3N3O3. The van der Waals surface area contributed by atoms with Crippen molar-refractivity contribution in [3.8, 4) is 0 Å². The molecule has 0 aliphatic carbocycles. The molecule has 0 saturated carbocycles. The van der Waals surface area contributed by atoms with Gasteiger partial charge in [0.25, 0.3) is 0 Å². The van der Waals surface area contributed by atoms with Gasteiger partial charge in [-0.1, -0.05) is 5.16 Å². The fourth-order valence-electron chi connectivity index (χ4n) is 1.98. The number of esters is 1. The lowest BCUT2D eigenvalue weighted by molar-refractivity contribution is -0.142. The maximum atomic E-state index is 12.4. The molecule has 2 aromatic rings. The summed E-state index contributed by atoms with van der Waals surface area (Å²) in [5.74, 6) is -0.946. The molecule has 0 aliphatic heterocycles. The predicted molar refractivity (Wildman–Crippen MR) is 72.6 cm³/mol. The number of aryl methyl sites for hydroxylation is 1. The number of rotatable bonds is 3. The summed E-state index contributed by atoms with van der Waals surface area (Å²) in [7, 11) is 0. The van der Waals surface area contributed by atoms with Crippen molar-refractivity contribution < 1.29 is 27.2 Å². The minimum absolute atomic E-state index is 0.0768. The molecule has 0 amide bonds. The molecule has 6 nitrogen and oxygen atoms in total. The molecule has 2 heterocycles. The third-order valence-corrected chi connectivity index (χ3v) is 2.93. The Morgan fingerprint density at radius 3 is 2.43 bits per heavy atom. The Kier molecular flexibility index (Phi) is 4.23. The molecule has 0 N–H and O–H groups in total. The molecule has 0 unspecified atom stereocenters. The van der Waals surface area contributed by atoms with Crippen molar-refractivity contribution >= 4 is 5.97 Å². The van der Waals surface area contributed by atoms with Crippen LogP contribution in [0.25, 0.3) is 0 Å². The summed E-state index contributed by atoms with van der Waals surface area (Å²) >= 11 is 0. The van der Waals surface area contributed by atoms with E-state index in [-0.39, 0.29) is 17.0 Å². The van der Waals surface area contributed by atoms with Crippen molar-refractivity contribution in [1.29, 1.82) is 0 Å². The second kappa shape index (κ2) is 5.71. The zero-order valence-electron chi connectivity index (χ0n) is 13.1. The molecule has 9 heteroatoms. The van der Waals surface area contributed by atoms with Crippen molar-refractivity contribution in [3.63, 3.8) is 0 Å². The second-order valence-corrected chi connectivity index (χ2v) is 6.01. The molecule has 2 rings (SSSR count). The lowest BCUT2D eigenvalue weighted by Gasteiger charge is -2.21. The van der Waals surface area contributed by atoms with E-state index in [9.17, 15) is 18.0 Å². The number of hydrogen-bond acceptors (Lipinski definition) is 5. The lowest BCUT2D eigenvalue weighted by Crippen LogP contribution is -2.24. The van der Waals surface area contributed by atoms with Crippen molar-refractivity contribution in [2.45, 2.75) is 46.0 Å². The first-order valence-corrected chi connectivity index (χ1v) is 6.75. The van der Waals surface area contributed by atoms with Crippen LogP contribution in [0.2, 0.25) is 0 Å². The Labute approximate surface area is 130 Å². The van der Waals surface area contributed by atoms with E-state index in [2.05, 4.69) is 14.8 Å². The van der Waals surface area contributed by atoms with Gasteiger partial charge in [0.05, 0.1) is 5.54 Å². The number of carbonyl (C=O) groups is 1. The van der Waals surface area contributed by atoms with Crippen LogP contribution in [0, 0.1) is 6.92 Å². The molecule has 2 aromatic heterocycles. The molecule has 0 aromatic carbocycles. The Hall–Kier alpha value is -2.32. The zero-order valence-corrected chi connectivity index (χ0v) is 13.1. The minimum Gasteiger partial charge on any atom is -0.453 e. The largest absolute Gasteiger partial charge is 0.453 e. The van der Waals surface area contributed by atoms with Gasteiger partial charge >= 0.3 is 12.1 Å². The van der Waals surface area contributed by atoms with Gasteiger partial charge in [0.15, 0.2) is 23.8 Å². The number of aromatic nitrogens is 3. The molecule has 126 valence electrons. The van der Waals surface area contributed by atoms with Crippen molar-refractivity contribution in [2.75, 3.05) is 0 Å². The SMILES string of the molecule is Cc1cc(C(=O)OCc2cc(C(F)(F)F)no2)nn1C(C)(C)C. The van der Waals surface area contributed by atoms with Gasteiger partial charge < -0.3 is 9.26 Å². The van der Waals surface area contributed by atoms with Crippen LogP contribution in [0.5, 0.6) is 0 Å². The number of carbonyl (C=O) groups excluding carboxylic acids is 1. The summed E-state index contributed by atoms with van der Waals surface area (Å²) in [6.45, 7) is 7.12. The first-order chi connectivity index (χ1) is 10.5. The summed E-state index contributed by atoms with van der Waals surface area (Å²) < 4.78 is 48.2. The number of halogens is 3. The summed E-state index contributed by atoms with van der Waals surface area (Å²) in [6, 6.07) is 2.24. The van der Waals surface area contributed by atoms with E-state index in [1.54, 1.807) is 17.7 Å². The van der Waals surface area contributed by atoms with Crippen molar-refractivity contribution in [1.82, 2.24) is 14.9 Å². The molecule has 0 aliphatic rings. The van der Waals surface area contributed by atoms with Crippen molar-refractivity contribution in [3.05, 3.63) is 35.0 Å². The molecule has 0 saturated heterocycles. The minimum atomic E-state index is -4.60. The highest BCUT2D eigenvalue weighted by Crippen LogP contribution is 2.28. The zero-order chi connectivity index (χ0) is 17.4. The average Bonchev–Trinajstić information content (AvgIpc) is 3.00. The first kappa shape index (κ1) is 17.0. The topological polar surface area (TPSA) is 70.2 Å². The smallest absolute Gasteiger partial charge is 0.436 e. The molecule has 0 fully saturated rings. The lowest BCUT2D eigenvalue weighted by atomic mass is 10.1. The third-order valence-electron chi connectivity index (χ3n) is 2.93. The molecule has 0 radical (unpaired) electrons. The van der Waals surface area contributed by atoms with Gasteiger partial charge in [0.2, 0.25) is 0 Å². The van der Waals surface area contributed by atoms with Gasteiger partial charge in [-0.3, -0.25) is 4.68 Å². The summed E-state index contributed by atoms with van der Waals surface area (Å²) in [6.07, 6.45) is -4.60. The van der Waals surface area contributed by atoms with E-state index in [0.29, 0.717) is 6.07 Å². The van der Waals surface area contributed by atoms with E-state index in [4.69, 9.17) is 4.74 Å². The van der Waals surface area contributed by atoms with Gasteiger partial charge in [-0.25, -0.2) is 4.79 Å². The first-order valence-electron chi connectivity index (χ1n) is 6.75. The van der Waals surface area contributed by atoms with Crippen LogP contribution in [0.1, 0.15) is 48.4 Å². The Balaban J connectivity index is 2.04. The van der Waals surface area contributed by atoms with Gasteiger partial charge in [-0.15, -0.1) is 0 Å². The highest BCUT2D eigenvalue weighted by Gasteiger charge is 2.35. The van der Waals surface area contributed by atoms with Gasteiger partial charge in [0.1, 0.15) is 0 Å². The Morgan fingerprint density at radius 2 is 1.96 bits per heavy atom. The van der Waals surface area contributed by atoms with Crippen LogP contribution in [0.3, 0.4) is 0 Å². The summed E-state index contributed by atoms with van der Waals surface area (Å²) in [4.78, 5) is 11.9. The predicted octanol–water partition coefficient (Wildman–Crippen LogP) is 3.31. The number of nitrogens with zero attached hydrogens (tertiary/aromatic N) is 3. The van der Waals surface area contributed by atoms with Crippen LogP contribution in [-0.2, 0) is 23.1 Å². The number of alkyl halides is 3. The van der Waals surface area contributed by atoms with Crippen LogP contribution in [0.4, 0.5) is 13.2 Å².